The Bertz CT molecular complexity index is 698. The molecule has 0 aliphatic heterocycles. The molecule has 6 nitrogen and oxygen atoms in total. The molecule has 2 aromatic rings. The van der Waals surface area contributed by atoms with Crippen LogP contribution in [0.3, 0.4) is 0 Å². The van der Waals surface area contributed by atoms with Crippen molar-refractivity contribution in [3.63, 3.8) is 0 Å². The zero-order valence-corrected chi connectivity index (χ0v) is 12.3. The van der Waals surface area contributed by atoms with Crippen LogP contribution in [0.1, 0.15) is 32.9 Å². The van der Waals surface area contributed by atoms with E-state index in [2.05, 4.69) is 9.97 Å². The van der Waals surface area contributed by atoms with Gasteiger partial charge in [-0.05, 0) is 32.4 Å². The van der Waals surface area contributed by atoms with Crippen LogP contribution in [0.4, 0.5) is 5.95 Å². The van der Waals surface area contributed by atoms with Gasteiger partial charge in [0.05, 0.1) is 17.0 Å². The van der Waals surface area contributed by atoms with E-state index in [1.807, 2.05) is 32.0 Å². The molecule has 1 aromatic carbocycles. The molecule has 1 aromatic heterocycles. The first-order chi connectivity index (χ1) is 9.88. The summed E-state index contributed by atoms with van der Waals surface area (Å²) >= 11 is 0. The summed E-state index contributed by atoms with van der Waals surface area (Å²) in [7, 11) is 0. The molecular formula is C15H18N4O2. The smallest absolute Gasteiger partial charge is 0.252 e. The van der Waals surface area contributed by atoms with E-state index in [1.165, 1.54) is 0 Å². The Morgan fingerprint density at radius 3 is 2.57 bits per heavy atom. The van der Waals surface area contributed by atoms with Gasteiger partial charge in [-0.1, -0.05) is 17.7 Å². The standard InChI is InChI=1S/C15H18N4O2/c1-8-4-5-12(9(2)6-8)21-7-11-13(14(16)20)10(3)18-15(17)19-11/h4-6H,7H2,1-3H3,(H2,16,20)(H2,17,18,19). The van der Waals surface area contributed by atoms with Crippen LogP contribution in [0.2, 0.25) is 0 Å². The van der Waals surface area contributed by atoms with E-state index in [0.29, 0.717) is 11.4 Å². The first-order valence-corrected chi connectivity index (χ1v) is 6.51. The minimum atomic E-state index is -0.591. The number of ether oxygens (including phenoxy) is 1. The number of nitrogen functional groups attached to an aromatic ring is 1. The zero-order valence-electron chi connectivity index (χ0n) is 12.3. The Balaban J connectivity index is 2.29. The van der Waals surface area contributed by atoms with Crippen LogP contribution in [-0.4, -0.2) is 15.9 Å². The Labute approximate surface area is 123 Å². The van der Waals surface area contributed by atoms with Gasteiger partial charge in [0.1, 0.15) is 12.4 Å². The number of aryl methyl sites for hydroxylation is 3. The molecule has 1 heterocycles. The Morgan fingerprint density at radius 1 is 1.24 bits per heavy atom. The lowest BCUT2D eigenvalue weighted by Crippen LogP contribution is -2.20. The summed E-state index contributed by atoms with van der Waals surface area (Å²) in [4.78, 5) is 19.5. The minimum Gasteiger partial charge on any atom is -0.487 e. The molecule has 0 aliphatic carbocycles. The maximum atomic E-state index is 11.5. The predicted octanol–water partition coefficient (Wildman–Crippen LogP) is 1.66. The lowest BCUT2D eigenvalue weighted by Gasteiger charge is -2.12. The number of anilines is 1. The fourth-order valence-electron chi connectivity index (χ4n) is 2.19. The molecule has 4 N–H and O–H groups in total. The first kappa shape index (κ1) is 14.8. The van der Waals surface area contributed by atoms with Crippen molar-refractivity contribution in [3.05, 3.63) is 46.3 Å². The van der Waals surface area contributed by atoms with E-state index >= 15 is 0 Å². The van der Waals surface area contributed by atoms with Gasteiger partial charge in [0.15, 0.2) is 0 Å². The van der Waals surface area contributed by atoms with Gasteiger partial charge in [0.2, 0.25) is 5.95 Å². The van der Waals surface area contributed by atoms with Crippen molar-refractivity contribution >= 4 is 11.9 Å². The van der Waals surface area contributed by atoms with Crippen LogP contribution in [0.5, 0.6) is 5.75 Å². The summed E-state index contributed by atoms with van der Waals surface area (Å²) in [5.74, 6) is 0.231. The topological polar surface area (TPSA) is 104 Å². The third-order valence-corrected chi connectivity index (χ3v) is 3.12. The van der Waals surface area contributed by atoms with Crippen LogP contribution < -0.4 is 16.2 Å². The summed E-state index contributed by atoms with van der Waals surface area (Å²) in [6.07, 6.45) is 0. The average Bonchev–Trinajstić information content (AvgIpc) is 2.36. The third-order valence-electron chi connectivity index (χ3n) is 3.12. The molecule has 6 heteroatoms. The lowest BCUT2D eigenvalue weighted by molar-refractivity contribution is 0.0996. The number of nitrogens with zero attached hydrogens (tertiary/aromatic N) is 2. The van der Waals surface area contributed by atoms with E-state index in [0.717, 1.165) is 16.9 Å². The van der Waals surface area contributed by atoms with Crippen molar-refractivity contribution in [3.8, 4) is 5.75 Å². The number of hydrogen-bond acceptors (Lipinski definition) is 5. The molecule has 21 heavy (non-hydrogen) atoms. The maximum Gasteiger partial charge on any atom is 0.252 e. The van der Waals surface area contributed by atoms with E-state index in [9.17, 15) is 4.79 Å². The van der Waals surface area contributed by atoms with Gasteiger partial charge < -0.3 is 16.2 Å². The van der Waals surface area contributed by atoms with Crippen molar-refractivity contribution in [1.82, 2.24) is 9.97 Å². The number of carbonyl (C=O) groups is 1. The number of hydrogen-bond donors (Lipinski definition) is 2. The summed E-state index contributed by atoms with van der Waals surface area (Å²) < 4.78 is 5.73. The van der Waals surface area contributed by atoms with E-state index in [1.54, 1.807) is 6.92 Å². The van der Waals surface area contributed by atoms with E-state index < -0.39 is 5.91 Å². The molecule has 0 aliphatic rings. The van der Waals surface area contributed by atoms with Crippen molar-refractivity contribution in [2.75, 3.05) is 5.73 Å². The molecule has 2 rings (SSSR count). The molecule has 0 radical (unpaired) electrons. The lowest BCUT2D eigenvalue weighted by atomic mass is 10.1. The largest absolute Gasteiger partial charge is 0.487 e. The quantitative estimate of drug-likeness (QED) is 0.889. The second kappa shape index (κ2) is 5.78. The maximum absolute atomic E-state index is 11.5. The van der Waals surface area contributed by atoms with Gasteiger partial charge in [-0.25, -0.2) is 9.97 Å². The minimum absolute atomic E-state index is 0.0942. The number of primary amides is 1. The van der Waals surface area contributed by atoms with Gasteiger partial charge in [-0.15, -0.1) is 0 Å². The highest BCUT2D eigenvalue weighted by Crippen LogP contribution is 2.21. The van der Waals surface area contributed by atoms with Crippen molar-refractivity contribution in [2.45, 2.75) is 27.4 Å². The molecular weight excluding hydrogens is 268 g/mol. The third kappa shape index (κ3) is 3.28. The van der Waals surface area contributed by atoms with Crippen LogP contribution in [-0.2, 0) is 6.61 Å². The van der Waals surface area contributed by atoms with Crippen molar-refractivity contribution in [2.24, 2.45) is 5.73 Å². The Morgan fingerprint density at radius 2 is 1.95 bits per heavy atom. The summed E-state index contributed by atoms with van der Waals surface area (Å²) in [5, 5.41) is 0. The summed E-state index contributed by atoms with van der Waals surface area (Å²) in [5.41, 5.74) is 14.3. The number of amides is 1. The van der Waals surface area contributed by atoms with Gasteiger partial charge in [0.25, 0.3) is 5.91 Å². The van der Waals surface area contributed by atoms with Crippen LogP contribution >= 0.6 is 0 Å². The first-order valence-electron chi connectivity index (χ1n) is 6.51. The van der Waals surface area contributed by atoms with Gasteiger partial charge in [-0.3, -0.25) is 4.79 Å². The second-order valence-electron chi connectivity index (χ2n) is 4.91. The zero-order chi connectivity index (χ0) is 15.6. The van der Waals surface area contributed by atoms with Crippen molar-refractivity contribution < 1.29 is 9.53 Å². The number of benzene rings is 1. The van der Waals surface area contributed by atoms with Gasteiger partial charge in [0, 0.05) is 0 Å². The van der Waals surface area contributed by atoms with Crippen LogP contribution in [0, 0.1) is 20.8 Å². The monoisotopic (exact) mass is 286 g/mol. The molecule has 0 fully saturated rings. The van der Waals surface area contributed by atoms with Gasteiger partial charge in [-0.2, -0.15) is 0 Å². The second-order valence-corrected chi connectivity index (χ2v) is 4.91. The molecule has 0 unspecified atom stereocenters. The number of carbonyl (C=O) groups excluding carboxylic acids is 1. The molecule has 0 saturated carbocycles. The molecule has 1 amide bonds. The van der Waals surface area contributed by atoms with E-state index in [-0.39, 0.29) is 18.1 Å². The SMILES string of the molecule is Cc1ccc(OCc2nc(N)nc(C)c2C(N)=O)c(C)c1. The normalized spacial score (nSPS) is 10.4. The van der Waals surface area contributed by atoms with Crippen LogP contribution in [0.15, 0.2) is 18.2 Å². The molecule has 0 saturated heterocycles. The number of aromatic nitrogens is 2. The highest BCUT2D eigenvalue weighted by atomic mass is 16.5. The van der Waals surface area contributed by atoms with Crippen LogP contribution in [0.25, 0.3) is 0 Å². The fourth-order valence-corrected chi connectivity index (χ4v) is 2.19. The molecule has 0 atom stereocenters. The van der Waals surface area contributed by atoms with Crippen molar-refractivity contribution in [1.29, 1.82) is 0 Å². The Hall–Kier alpha value is -2.63. The number of rotatable bonds is 4. The summed E-state index contributed by atoms with van der Waals surface area (Å²) in [6.45, 7) is 5.74. The molecule has 110 valence electrons. The molecule has 0 spiro atoms. The average molecular weight is 286 g/mol. The predicted molar refractivity (Wildman–Crippen MR) is 79.9 cm³/mol. The highest BCUT2D eigenvalue weighted by molar-refractivity contribution is 5.95. The highest BCUT2D eigenvalue weighted by Gasteiger charge is 2.16. The summed E-state index contributed by atoms with van der Waals surface area (Å²) in [6, 6.07) is 5.85. The molecule has 0 bridgehead atoms. The number of nitrogens with two attached hydrogens (primary N) is 2. The van der Waals surface area contributed by atoms with Gasteiger partial charge >= 0.3 is 0 Å². The van der Waals surface area contributed by atoms with E-state index in [4.69, 9.17) is 16.2 Å². The fraction of sp³-hybridized carbons (Fsp3) is 0.267. The Kier molecular flexibility index (Phi) is 4.07.